The van der Waals surface area contributed by atoms with Crippen molar-refractivity contribution < 1.29 is 24.0 Å². The fourth-order valence-electron chi connectivity index (χ4n) is 0.606. The first-order valence-electron chi connectivity index (χ1n) is 4.12. The Morgan fingerprint density at radius 1 is 1.12 bits per heavy atom. The summed E-state index contributed by atoms with van der Waals surface area (Å²) in [6.45, 7) is -1.08. The van der Waals surface area contributed by atoms with Crippen LogP contribution in [-0.2, 0) is 19.1 Å². The Bertz CT molecular complexity index is 290. The number of rotatable bonds is 7. The predicted octanol–water partition coefficient (Wildman–Crippen LogP) is 1.23. The number of ether oxygens (including phenoxy) is 2. The lowest BCUT2D eigenvalue weighted by molar-refractivity contribution is -0.541. The Morgan fingerprint density at radius 3 is 1.71 bits per heavy atom. The summed E-state index contributed by atoms with van der Waals surface area (Å²) in [6.07, 6.45) is 0. The van der Waals surface area contributed by atoms with Gasteiger partial charge in [0.05, 0.1) is 0 Å². The molecule has 0 aromatic carbocycles. The highest BCUT2D eigenvalue weighted by molar-refractivity contribution is 9.10. The van der Waals surface area contributed by atoms with E-state index in [1.165, 1.54) is 0 Å². The molecule has 0 bridgehead atoms. The van der Waals surface area contributed by atoms with E-state index in [0.717, 1.165) is 0 Å². The molecule has 0 fully saturated rings. The molecule has 10 heteroatoms. The van der Waals surface area contributed by atoms with Gasteiger partial charge in [-0.2, -0.15) is 0 Å². The molecule has 0 radical (unpaired) electrons. The molecule has 0 aliphatic rings. The zero-order chi connectivity index (χ0) is 13.5. The molecule has 0 saturated carbocycles. The first kappa shape index (κ1) is 16.8. The summed E-state index contributed by atoms with van der Waals surface area (Å²) in [7, 11) is 0. The van der Waals surface area contributed by atoms with E-state index in [1.807, 2.05) is 0 Å². The number of esters is 2. The minimum atomic E-state index is -1.83. The number of nitrogens with zero attached hydrogens (tertiary/aromatic N) is 1. The van der Waals surface area contributed by atoms with E-state index < -0.39 is 34.5 Å². The second-order valence-electron chi connectivity index (χ2n) is 2.76. The molecule has 17 heavy (non-hydrogen) atoms. The van der Waals surface area contributed by atoms with Crippen molar-refractivity contribution in [3.05, 3.63) is 10.1 Å². The van der Waals surface area contributed by atoms with Crippen molar-refractivity contribution in [3.63, 3.8) is 0 Å². The smallest absolute Gasteiger partial charge is 0.341 e. The number of hydrogen-bond acceptors (Lipinski definition) is 6. The summed E-state index contributed by atoms with van der Waals surface area (Å²) < 4.78 is 7.38. The van der Waals surface area contributed by atoms with Crippen LogP contribution in [0.4, 0.5) is 0 Å². The zero-order valence-corrected chi connectivity index (χ0v) is 13.1. The number of hydrogen-bond donors (Lipinski definition) is 0. The summed E-state index contributed by atoms with van der Waals surface area (Å²) in [6, 6.07) is 0. The molecule has 0 aliphatic carbocycles. The Kier molecular flexibility index (Phi) is 7.88. The molecule has 0 aromatic heterocycles. The maximum Gasteiger partial charge on any atom is 0.341 e. The SMILES string of the molecule is O=C(CBr)OCC(Br)(COC(=O)CBr)[N+](=O)[O-]. The fourth-order valence-corrected chi connectivity index (χ4v) is 1.16. The van der Waals surface area contributed by atoms with E-state index in [2.05, 4.69) is 57.3 Å². The standard InChI is InChI=1S/C7H8Br3NO6/c8-1-5(12)16-3-7(10,11(14)15)4-17-6(13)2-9/h1-4H2. The number of carbonyl (C=O) groups is 2. The molecular formula is C7H8Br3NO6. The third-order valence-electron chi connectivity index (χ3n) is 1.45. The van der Waals surface area contributed by atoms with Crippen molar-refractivity contribution in [2.75, 3.05) is 23.9 Å². The van der Waals surface area contributed by atoms with Gasteiger partial charge < -0.3 is 9.47 Å². The Balaban J connectivity index is 4.41. The average Bonchev–Trinajstić information content (AvgIpc) is 2.32. The molecule has 0 aromatic rings. The lowest BCUT2D eigenvalue weighted by atomic mass is 10.3. The predicted molar refractivity (Wildman–Crippen MR) is 68.2 cm³/mol. The van der Waals surface area contributed by atoms with Gasteiger partial charge in [-0.1, -0.05) is 31.9 Å². The van der Waals surface area contributed by atoms with Crippen LogP contribution in [0.1, 0.15) is 0 Å². The normalized spacial score (nSPS) is 10.8. The lowest BCUT2D eigenvalue weighted by Crippen LogP contribution is -2.42. The van der Waals surface area contributed by atoms with E-state index in [1.54, 1.807) is 0 Å². The van der Waals surface area contributed by atoms with Crippen molar-refractivity contribution in [2.24, 2.45) is 0 Å². The minimum Gasteiger partial charge on any atom is -0.456 e. The van der Waals surface area contributed by atoms with Gasteiger partial charge in [-0.3, -0.25) is 19.7 Å². The molecule has 0 unspecified atom stereocenters. The van der Waals surface area contributed by atoms with Gasteiger partial charge in [0.25, 0.3) is 0 Å². The van der Waals surface area contributed by atoms with E-state index in [4.69, 9.17) is 0 Å². The maximum atomic E-state index is 10.8. The Hall–Kier alpha value is -0.220. The summed E-state index contributed by atoms with van der Waals surface area (Å²) in [5.74, 6) is -1.30. The van der Waals surface area contributed by atoms with Crippen LogP contribution in [0, 0.1) is 10.1 Å². The monoisotopic (exact) mass is 439 g/mol. The molecular weight excluding hydrogens is 434 g/mol. The van der Waals surface area contributed by atoms with Crippen molar-refractivity contribution in [1.82, 2.24) is 0 Å². The van der Waals surface area contributed by atoms with Crippen molar-refractivity contribution in [3.8, 4) is 0 Å². The van der Waals surface area contributed by atoms with E-state index in [0.29, 0.717) is 0 Å². The van der Waals surface area contributed by atoms with Gasteiger partial charge in [0.15, 0.2) is 13.2 Å². The molecule has 98 valence electrons. The van der Waals surface area contributed by atoms with Crippen molar-refractivity contribution >= 4 is 59.7 Å². The van der Waals surface area contributed by atoms with Gasteiger partial charge in [0.2, 0.25) is 0 Å². The molecule has 7 nitrogen and oxygen atoms in total. The van der Waals surface area contributed by atoms with Crippen LogP contribution in [0.3, 0.4) is 0 Å². The molecule has 0 saturated heterocycles. The number of halogens is 3. The van der Waals surface area contributed by atoms with Crippen LogP contribution in [0.25, 0.3) is 0 Å². The molecule has 0 atom stereocenters. The summed E-state index contributed by atoms with van der Waals surface area (Å²) in [5, 5.41) is 10.6. The van der Waals surface area contributed by atoms with E-state index in [9.17, 15) is 19.7 Å². The zero-order valence-electron chi connectivity index (χ0n) is 8.36. The van der Waals surface area contributed by atoms with Gasteiger partial charge in [0, 0.05) is 20.9 Å². The first-order valence-corrected chi connectivity index (χ1v) is 7.16. The van der Waals surface area contributed by atoms with Crippen LogP contribution in [0.2, 0.25) is 0 Å². The van der Waals surface area contributed by atoms with Gasteiger partial charge in [-0.25, -0.2) is 0 Å². The quantitative estimate of drug-likeness (QED) is 0.194. The second-order valence-corrected chi connectivity index (χ2v) is 5.36. The molecule has 0 N–H and O–H groups in total. The maximum absolute atomic E-state index is 10.8. The van der Waals surface area contributed by atoms with Gasteiger partial charge in [0.1, 0.15) is 10.7 Å². The molecule has 0 amide bonds. The molecule has 0 heterocycles. The van der Waals surface area contributed by atoms with Gasteiger partial charge >= 0.3 is 16.4 Å². The van der Waals surface area contributed by atoms with Crippen molar-refractivity contribution in [1.29, 1.82) is 0 Å². The van der Waals surface area contributed by atoms with Gasteiger partial charge in [-0.05, 0) is 0 Å². The largest absolute Gasteiger partial charge is 0.456 e. The summed E-state index contributed by atoms with van der Waals surface area (Å²) in [4.78, 5) is 31.7. The fraction of sp³-hybridized carbons (Fsp3) is 0.714. The summed E-state index contributed by atoms with van der Waals surface area (Å²) in [5.41, 5.74) is 0. The van der Waals surface area contributed by atoms with Crippen LogP contribution in [0.15, 0.2) is 0 Å². The third-order valence-corrected chi connectivity index (χ3v) is 3.12. The highest BCUT2D eigenvalue weighted by atomic mass is 79.9. The average molecular weight is 442 g/mol. The lowest BCUT2D eigenvalue weighted by Gasteiger charge is -2.18. The number of alkyl halides is 3. The van der Waals surface area contributed by atoms with Crippen molar-refractivity contribution in [2.45, 2.75) is 4.45 Å². The van der Waals surface area contributed by atoms with Crippen LogP contribution in [0.5, 0.6) is 0 Å². The topological polar surface area (TPSA) is 95.7 Å². The first-order chi connectivity index (χ1) is 7.85. The van der Waals surface area contributed by atoms with Crippen LogP contribution >= 0.6 is 47.8 Å². The Labute approximate surface area is 122 Å². The highest BCUT2D eigenvalue weighted by Gasteiger charge is 2.43. The molecule has 0 rings (SSSR count). The number of carbonyl (C=O) groups excluding carboxylic acids is 2. The van der Waals surface area contributed by atoms with Crippen LogP contribution < -0.4 is 0 Å². The minimum absolute atomic E-state index is 0.0744. The second kappa shape index (κ2) is 7.98. The van der Waals surface area contributed by atoms with E-state index >= 15 is 0 Å². The highest BCUT2D eigenvalue weighted by Crippen LogP contribution is 2.20. The molecule has 0 spiro atoms. The summed E-state index contributed by atoms with van der Waals surface area (Å²) >= 11 is 8.46. The molecule has 0 aliphatic heterocycles. The number of nitro groups is 1. The third kappa shape index (κ3) is 6.32. The Morgan fingerprint density at radius 2 is 1.47 bits per heavy atom. The van der Waals surface area contributed by atoms with E-state index in [-0.39, 0.29) is 10.7 Å². The van der Waals surface area contributed by atoms with Crippen LogP contribution in [-0.4, -0.2) is 45.2 Å². The van der Waals surface area contributed by atoms with Gasteiger partial charge in [-0.15, -0.1) is 0 Å².